The highest BCUT2D eigenvalue weighted by Crippen LogP contribution is 2.29. The molecule has 0 saturated carbocycles. The number of aromatic nitrogens is 1. The van der Waals surface area contributed by atoms with Crippen molar-refractivity contribution < 1.29 is 13.9 Å². The molecule has 88 valence electrons. The Morgan fingerprint density at radius 2 is 2.44 bits per heavy atom. The normalized spacial score (nSPS) is 20.8. The van der Waals surface area contributed by atoms with Gasteiger partial charge in [-0.1, -0.05) is 13.8 Å². The zero-order chi connectivity index (χ0) is 11.7. The van der Waals surface area contributed by atoms with E-state index in [9.17, 15) is 4.79 Å². The van der Waals surface area contributed by atoms with Crippen LogP contribution in [0, 0.1) is 0 Å². The first-order chi connectivity index (χ1) is 7.59. The number of nitrogens with zero attached hydrogens (tertiary/aromatic N) is 2. The van der Waals surface area contributed by atoms with E-state index in [1.165, 1.54) is 0 Å². The van der Waals surface area contributed by atoms with Crippen LogP contribution in [0.4, 0.5) is 4.79 Å². The number of amides is 1. The predicted molar refractivity (Wildman–Crippen MR) is 65.4 cm³/mol. The van der Waals surface area contributed by atoms with Gasteiger partial charge in [0.15, 0.2) is 0 Å². The first kappa shape index (κ1) is 11.8. The number of carbonyl (C=O) groups excluding carboxylic acids is 1. The Morgan fingerprint density at radius 1 is 1.69 bits per heavy atom. The lowest BCUT2D eigenvalue weighted by atomic mass is 10.2. The van der Waals surface area contributed by atoms with Crippen LogP contribution in [0.1, 0.15) is 37.5 Å². The molecule has 0 bridgehead atoms. The first-order valence-electron chi connectivity index (χ1n) is 5.09. The Labute approximate surface area is 107 Å². The number of ether oxygens (including phenoxy) is 1. The zero-order valence-electron chi connectivity index (χ0n) is 9.14. The molecule has 1 atom stereocenters. The van der Waals surface area contributed by atoms with Crippen molar-refractivity contribution in [2.75, 3.05) is 13.3 Å². The molecule has 1 aromatic heterocycles. The maximum Gasteiger partial charge on any atom is 0.285 e. The third-order valence-corrected chi connectivity index (χ3v) is 3.12. The number of hydrogen-bond acceptors (Lipinski definition) is 4. The van der Waals surface area contributed by atoms with E-state index in [4.69, 9.17) is 9.15 Å². The summed E-state index contributed by atoms with van der Waals surface area (Å²) in [5.74, 6) is 1.70. The molecule has 2 rings (SSSR count). The van der Waals surface area contributed by atoms with Crippen LogP contribution in [0.2, 0.25) is 0 Å². The molecule has 1 aromatic rings. The fraction of sp³-hybridized carbons (Fsp3) is 0.600. The summed E-state index contributed by atoms with van der Waals surface area (Å²) in [6.07, 6.45) is 1.72. The van der Waals surface area contributed by atoms with Gasteiger partial charge >= 0.3 is 0 Å². The quantitative estimate of drug-likeness (QED) is 0.473. The van der Waals surface area contributed by atoms with Gasteiger partial charge in [0, 0.05) is 28.5 Å². The van der Waals surface area contributed by atoms with E-state index in [1.54, 1.807) is 33.7 Å². The minimum Gasteiger partial charge on any atom is -0.443 e. The lowest BCUT2D eigenvalue weighted by Crippen LogP contribution is -2.26. The summed E-state index contributed by atoms with van der Waals surface area (Å²) < 4.78 is 10.8. The van der Waals surface area contributed by atoms with E-state index < -0.39 is 0 Å². The van der Waals surface area contributed by atoms with Crippen molar-refractivity contribution in [3.8, 4) is 0 Å². The molecule has 0 aromatic carbocycles. The van der Waals surface area contributed by atoms with Crippen molar-refractivity contribution in [3.05, 3.63) is 17.8 Å². The second-order valence-corrected chi connectivity index (χ2v) is 4.92. The lowest BCUT2D eigenvalue weighted by molar-refractivity contribution is 0.154. The van der Waals surface area contributed by atoms with Crippen molar-refractivity contribution in [3.63, 3.8) is 0 Å². The molecule has 2 heterocycles. The fourth-order valence-corrected chi connectivity index (χ4v) is 2.02. The smallest absolute Gasteiger partial charge is 0.285 e. The van der Waals surface area contributed by atoms with Crippen LogP contribution in [0.25, 0.3) is 0 Å². The highest BCUT2D eigenvalue weighted by atomic mass is 127. The van der Waals surface area contributed by atoms with E-state index in [0.29, 0.717) is 25.1 Å². The third-order valence-electron chi connectivity index (χ3n) is 2.50. The Hall–Kier alpha value is -0.630. The van der Waals surface area contributed by atoms with Crippen LogP contribution in [0.15, 0.2) is 10.6 Å². The van der Waals surface area contributed by atoms with Gasteiger partial charge in [0.2, 0.25) is 5.89 Å². The Morgan fingerprint density at radius 3 is 3.00 bits per heavy atom. The van der Waals surface area contributed by atoms with E-state index in [2.05, 4.69) is 4.98 Å². The van der Waals surface area contributed by atoms with Crippen molar-refractivity contribution in [2.45, 2.75) is 25.8 Å². The molecular formula is C10H13IN2O3. The van der Waals surface area contributed by atoms with Crippen LogP contribution in [0.3, 0.4) is 0 Å². The largest absolute Gasteiger partial charge is 0.443 e. The van der Waals surface area contributed by atoms with Crippen LogP contribution in [0.5, 0.6) is 0 Å². The molecule has 1 fully saturated rings. The monoisotopic (exact) mass is 336 g/mol. The molecule has 1 saturated heterocycles. The zero-order valence-corrected chi connectivity index (χ0v) is 11.3. The molecule has 0 aliphatic carbocycles. The molecule has 5 nitrogen and oxygen atoms in total. The van der Waals surface area contributed by atoms with Gasteiger partial charge in [-0.15, -0.1) is 0 Å². The average molecular weight is 336 g/mol. The summed E-state index contributed by atoms with van der Waals surface area (Å²) in [6, 6.07) is -0.183. The van der Waals surface area contributed by atoms with Crippen molar-refractivity contribution in [1.29, 1.82) is 0 Å². The SMILES string of the molecule is CC(C)c1cnc(C2COCN2C(=O)I)o1. The molecular weight excluding hydrogens is 323 g/mol. The van der Waals surface area contributed by atoms with Gasteiger partial charge in [-0.2, -0.15) is 0 Å². The van der Waals surface area contributed by atoms with E-state index in [-0.39, 0.29) is 9.96 Å². The van der Waals surface area contributed by atoms with Crippen molar-refractivity contribution in [2.24, 2.45) is 0 Å². The minimum absolute atomic E-state index is 0.0515. The Kier molecular flexibility index (Phi) is 3.48. The molecule has 1 amide bonds. The van der Waals surface area contributed by atoms with Gasteiger partial charge in [0.1, 0.15) is 18.5 Å². The number of halogens is 1. The Balaban J connectivity index is 2.19. The topological polar surface area (TPSA) is 55.6 Å². The third kappa shape index (κ3) is 2.22. The molecule has 0 radical (unpaired) electrons. The summed E-state index contributed by atoms with van der Waals surface area (Å²) >= 11 is 1.74. The minimum atomic E-state index is -0.183. The standard InChI is InChI=1S/C10H13IN2O3/c1-6(2)8-3-12-9(16-8)7-4-15-5-13(7)10(11)14/h3,6-7H,4-5H2,1-2H3. The fourth-order valence-electron chi connectivity index (χ4n) is 1.54. The molecule has 0 spiro atoms. The van der Waals surface area contributed by atoms with Gasteiger partial charge in [-0.3, -0.25) is 9.69 Å². The van der Waals surface area contributed by atoms with Gasteiger partial charge < -0.3 is 9.15 Å². The summed E-state index contributed by atoms with van der Waals surface area (Å²) in [4.78, 5) is 17.1. The average Bonchev–Trinajstić information content (AvgIpc) is 2.86. The van der Waals surface area contributed by atoms with Gasteiger partial charge in [-0.05, 0) is 0 Å². The molecule has 6 heteroatoms. The van der Waals surface area contributed by atoms with Gasteiger partial charge in [0.25, 0.3) is 3.91 Å². The van der Waals surface area contributed by atoms with E-state index >= 15 is 0 Å². The van der Waals surface area contributed by atoms with Crippen LogP contribution < -0.4 is 0 Å². The maximum absolute atomic E-state index is 11.3. The van der Waals surface area contributed by atoms with Crippen LogP contribution in [-0.4, -0.2) is 27.1 Å². The number of hydrogen-bond donors (Lipinski definition) is 0. The van der Waals surface area contributed by atoms with Crippen LogP contribution in [-0.2, 0) is 4.74 Å². The summed E-state index contributed by atoms with van der Waals surface area (Å²) in [6.45, 7) is 4.84. The highest BCUT2D eigenvalue weighted by Gasteiger charge is 2.33. The summed E-state index contributed by atoms with van der Waals surface area (Å²) in [7, 11) is 0. The second kappa shape index (κ2) is 4.70. The predicted octanol–water partition coefficient (Wildman–Crippen LogP) is 2.68. The molecule has 1 unspecified atom stereocenters. The Bertz CT molecular complexity index is 391. The summed E-state index contributed by atoms with van der Waals surface area (Å²) in [5, 5.41) is 0. The first-order valence-corrected chi connectivity index (χ1v) is 6.17. The van der Waals surface area contributed by atoms with E-state index in [1.807, 2.05) is 13.8 Å². The second-order valence-electron chi connectivity index (χ2n) is 3.99. The van der Waals surface area contributed by atoms with Crippen molar-refractivity contribution >= 4 is 26.5 Å². The highest BCUT2D eigenvalue weighted by molar-refractivity contribution is 14.1. The van der Waals surface area contributed by atoms with Gasteiger partial charge in [-0.25, -0.2) is 4.98 Å². The van der Waals surface area contributed by atoms with E-state index in [0.717, 1.165) is 5.76 Å². The number of oxazole rings is 1. The number of rotatable bonds is 2. The van der Waals surface area contributed by atoms with Gasteiger partial charge in [0.05, 0.1) is 12.8 Å². The maximum atomic E-state index is 11.3. The molecule has 16 heavy (non-hydrogen) atoms. The van der Waals surface area contributed by atoms with Crippen LogP contribution >= 0.6 is 22.6 Å². The van der Waals surface area contributed by atoms with Crippen molar-refractivity contribution in [1.82, 2.24) is 9.88 Å². The molecule has 0 N–H and O–H groups in total. The number of carbonyl (C=O) groups is 1. The summed E-state index contributed by atoms with van der Waals surface area (Å²) in [5.41, 5.74) is 0. The molecule has 1 aliphatic heterocycles. The molecule has 1 aliphatic rings. The lowest BCUT2D eigenvalue weighted by Gasteiger charge is -2.16.